The fourth-order valence-electron chi connectivity index (χ4n) is 2.54. The maximum absolute atomic E-state index is 12.4. The Kier molecular flexibility index (Phi) is 4.63. The van der Waals surface area contributed by atoms with Crippen molar-refractivity contribution in [2.75, 3.05) is 6.54 Å². The van der Waals surface area contributed by atoms with E-state index < -0.39 is 10.5 Å². The molecule has 0 aliphatic carbocycles. The van der Waals surface area contributed by atoms with Crippen LogP contribution in [0.3, 0.4) is 0 Å². The van der Waals surface area contributed by atoms with Crippen LogP contribution in [-0.4, -0.2) is 33.0 Å². The molecule has 1 amide bonds. The lowest BCUT2D eigenvalue weighted by molar-refractivity contribution is -0.385. The van der Waals surface area contributed by atoms with E-state index in [1.165, 1.54) is 12.3 Å². The van der Waals surface area contributed by atoms with Crippen molar-refractivity contribution in [1.29, 1.82) is 0 Å². The zero-order valence-corrected chi connectivity index (χ0v) is 13.1. The summed E-state index contributed by atoms with van der Waals surface area (Å²) in [6.07, 6.45) is 5.03. The molecule has 2 rings (SSSR count). The lowest BCUT2D eigenvalue weighted by Crippen LogP contribution is -2.41. The van der Waals surface area contributed by atoms with Crippen LogP contribution in [0.15, 0.2) is 18.5 Å². The number of hydrogen-bond donors (Lipinski definition) is 0. The van der Waals surface area contributed by atoms with Gasteiger partial charge in [0.1, 0.15) is 11.8 Å². The van der Waals surface area contributed by atoms with Crippen molar-refractivity contribution in [2.24, 2.45) is 0 Å². The minimum atomic E-state index is -0.569. The standard InChI is InChI=1S/C15H21N3O4/c1-15(2,3)22-14(19)17-7-5-4-6-13(17)11-8-12(18(20)21)10-16-9-11/h8-10,13H,4-7H2,1-3H3. The molecule has 1 fully saturated rings. The normalized spacial score (nSPS) is 18.9. The maximum atomic E-state index is 12.4. The van der Waals surface area contributed by atoms with Crippen molar-refractivity contribution >= 4 is 11.8 Å². The van der Waals surface area contributed by atoms with Gasteiger partial charge in [0.2, 0.25) is 0 Å². The van der Waals surface area contributed by atoms with Crippen LogP contribution in [0.2, 0.25) is 0 Å². The van der Waals surface area contributed by atoms with Gasteiger partial charge in [-0.25, -0.2) is 4.79 Å². The molecule has 0 bridgehead atoms. The fourth-order valence-corrected chi connectivity index (χ4v) is 2.54. The van der Waals surface area contributed by atoms with Crippen LogP contribution in [0.25, 0.3) is 0 Å². The third-order valence-corrected chi connectivity index (χ3v) is 3.47. The second-order valence-corrected chi connectivity index (χ2v) is 6.42. The molecular weight excluding hydrogens is 286 g/mol. The molecule has 1 aliphatic heterocycles. The van der Waals surface area contributed by atoms with Gasteiger partial charge in [-0.15, -0.1) is 0 Å². The van der Waals surface area contributed by atoms with Gasteiger partial charge in [0.25, 0.3) is 5.69 Å². The van der Waals surface area contributed by atoms with E-state index in [2.05, 4.69) is 4.98 Å². The Balaban J connectivity index is 2.24. The minimum absolute atomic E-state index is 0.0628. The molecule has 7 heteroatoms. The van der Waals surface area contributed by atoms with Crippen LogP contribution in [0.5, 0.6) is 0 Å². The van der Waals surface area contributed by atoms with Crippen LogP contribution in [0.1, 0.15) is 51.6 Å². The summed E-state index contributed by atoms with van der Waals surface area (Å²) in [5.41, 5.74) is 0.0481. The summed E-state index contributed by atoms with van der Waals surface area (Å²) in [6, 6.07) is 1.26. The lowest BCUT2D eigenvalue weighted by Gasteiger charge is -2.36. The molecule has 1 unspecified atom stereocenters. The smallest absolute Gasteiger partial charge is 0.410 e. The maximum Gasteiger partial charge on any atom is 0.410 e. The highest BCUT2D eigenvalue weighted by Gasteiger charge is 2.32. The number of rotatable bonds is 2. The molecule has 1 aromatic heterocycles. The molecule has 22 heavy (non-hydrogen) atoms. The first-order valence-corrected chi connectivity index (χ1v) is 7.37. The Bertz CT molecular complexity index is 568. The first-order valence-electron chi connectivity index (χ1n) is 7.37. The molecule has 1 atom stereocenters. The Morgan fingerprint density at radius 3 is 2.77 bits per heavy atom. The third-order valence-electron chi connectivity index (χ3n) is 3.47. The summed E-state index contributed by atoms with van der Waals surface area (Å²) >= 11 is 0. The monoisotopic (exact) mass is 307 g/mol. The number of hydrogen-bond acceptors (Lipinski definition) is 5. The Morgan fingerprint density at radius 2 is 2.14 bits per heavy atom. The number of nitrogens with zero attached hydrogens (tertiary/aromatic N) is 3. The number of carbonyl (C=O) groups excluding carboxylic acids is 1. The highest BCUT2D eigenvalue weighted by molar-refractivity contribution is 5.69. The number of piperidine rings is 1. The van der Waals surface area contributed by atoms with E-state index in [1.54, 1.807) is 11.1 Å². The summed E-state index contributed by atoms with van der Waals surface area (Å²) in [5, 5.41) is 10.9. The minimum Gasteiger partial charge on any atom is -0.444 e. The molecule has 7 nitrogen and oxygen atoms in total. The van der Waals surface area contributed by atoms with Crippen molar-refractivity contribution in [3.8, 4) is 0 Å². The highest BCUT2D eigenvalue weighted by atomic mass is 16.6. The van der Waals surface area contributed by atoms with Crippen molar-refractivity contribution in [1.82, 2.24) is 9.88 Å². The van der Waals surface area contributed by atoms with Gasteiger partial charge in [0.05, 0.1) is 11.0 Å². The van der Waals surface area contributed by atoms with Crippen LogP contribution in [0.4, 0.5) is 10.5 Å². The van der Waals surface area contributed by atoms with Crippen LogP contribution in [0, 0.1) is 10.1 Å². The second-order valence-electron chi connectivity index (χ2n) is 6.42. The number of nitro groups is 1. The first-order chi connectivity index (χ1) is 10.3. The van der Waals surface area contributed by atoms with Crippen LogP contribution in [-0.2, 0) is 4.74 Å². The van der Waals surface area contributed by atoms with Gasteiger partial charge < -0.3 is 9.64 Å². The van der Waals surface area contributed by atoms with Gasteiger partial charge in [0.15, 0.2) is 0 Å². The average Bonchev–Trinajstić information content (AvgIpc) is 2.45. The van der Waals surface area contributed by atoms with Gasteiger partial charge in [-0.2, -0.15) is 0 Å². The molecule has 1 aliphatic rings. The van der Waals surface area contributed by atoms with Gasteiger partial charge in [-0.05, 0) is 45.6 Å². The highest BCUT2D eigenvalue weighted by Crippen LogP contribution is 2.33. The number of pyridine rings is 1. The zero-order chi connectivity index (χ0) is 16.3. The van der Waals surface area contributed by atoms with E-state index >= 15 is 0 Å². The molecule has 0 spiro atoms. The quantitative estimate of drug-likeness (QED) is 0.617. The first kappa shape index (κ1) is 16.2. The fraction of sp³-hybridized carbons (Fsp3) is 0.600. The summed E-state index contributed by atoms with van der Waals surface area (Å²) in [5.74, 6) is 0. The molecular formula is C15H21N3O4. The van der Waals surface area contributed by atoms with Crippen molar-refractivity contribution in [3.63, 3.8) is 0 Å². The van der Waals surface area contributed by atoms with E-state index in [0.717, 1.165) is 19.3 Å². The number of carbonyl (C=O) groups is 1. The second kappa shape index (κ2) is 6.29. The van der Waals surface area contributed by atoms with Crippen molar-refractivity contribution in [2.45, 2.75) is 51.7 Å². The van der Waals surface area contributed by atoms with Crippen molar-refractivity contribution < 1.29 is 14.5 Å². The predicted molar refractivity (Wildman–Crippen MR) is 80.4 cm³/mol. The molecule has 0 aromatic carbocycles. The van der Waals surface area contributed by atoms with Crippen LogP contribution >= 0.6 is 0 Å². The average molecular weight is 307 g/mol. The predicted octanol–water partition coefficient (Wildman–Crippen LogP) is 3.45. The summed E-state index contributed by atoms with van der Waals surface area (Å²) in [4.78, 5) is 28.4. The Morgan fingerprint density at radius 1 is 1.41 bits per heavy atom. The molecule has 0 N–H and O–H groups in total. The van der Waals surface area contributed by atoms with E-state index in [4.69, 9.17) is 4.74 Å². The number of ether oxygens (including phenoxy) is 1. The summed E-state index contributed by atoms with van der Waals surface area (Å²) < 4.78 is 5.44. The molecule has 1 aromatic rings. The molecule has 120 valence electrons. The van der Waals surface area contributed by atoms with E-state index in [1.807, 2.05) is 20.8 Å². The molecule has 2 heterocycles. The zero-order valence-electron chi connectivity index (χ0n) is 13.1. The van der Waals surface area contributed by atoms with Crippen LogP contribution < -0.4 is 0 Å². The largest absolute Gasteiger partial charge is 0.444 e. The van der Waals surface area contributed by atoms with Gasteiger partial charge in [-0.1, -0.05) is 0 Å². The summed E-state index contributed by atoms with van der Waals surface area (Å²) in [6.45, 7) is 6.04. The number of amides is 1. The number of likely N-dealkylation sites (tertiary alicyclic amines) is 1. The van der Waals surface area contributed by atoms with Crippen molar-refractivity contribution in [3.05, 3.63) is 34.1 Å². The van der Waals surface area contributed by atoms with E-state index in [9.17, 15) is 14.9 Å². The Hall–Kier alpha value is -2.18. The molecule has 1 saturated heterocycles. The third kappa shape index (κ3) is 3.93. The van der Waals surface area contributed by atoms with Gasteiger partial charge in [-0.3, -0.25) is 15.1 Å². The van der Waals surface area contributed by atoms with E-state index in [-0.39, 0.29) is 17.8 Å². The molecule has 0 radical (unpaired) electrons. The van der Waals surface area contributed by atoms with Gasteiger partial charge >= 0.3 is 6.09 Å². The summed E-state index contributed by atoms with van der Waals surface area (Å²) in [7, 11) is 0. The van der Waals surface area contributed by atoms with E-state index in [0.29, 0.717) is 12.1 Å². The Labute approximate surface area is 129 Å². The SMILES string of the molecule is CC(C)(C)OC(=O)N1CCCCC1c1cncc([N+](=O)[O-])c1. The van der Waals surface area contributed by atoms with Gasteiger partial charge in [0, 0.05) is 18.8 Å². The topological polar surface area (TPSA) is 85.6 Å². The number of aromatic nitrogens is 1. The molecule has 0 saturated carbocycles. The lowest BCUT2D eigenvalue weighted by atomic mass is 9.96.